The van der Waals surface area contributed by atoms with E-state index in [-0.39, 0.29) is 5.78 Å². The van der Waals surface area contributed by atoms with E-state index in [9.17, 15) is 4.79 Å². The van der Waals surface area contributed by atoms with Crippen LogP contribution in [0.1, 0.15) is 23.8 Å². The van der Waals surface area contributed by atoms with Crippen LogP contribution in [-0.4, -0.2) is 17.3 Å². The first kappa shape index (κ1) is 10.4. The molecule has 0 aliphatic heterocycles. The lowest BCUT2D eigenvalue weighted by Crippen LogP contribution is -2.07. The predicted molar refractivity (Wildman–Crippen MR) is 56.0 cm³/mol. The summed E-state index contributed by atoms with van der Waals surface area (Å²) in [6.07, 6.45) is 5.82. The molecule has 3 heteroatoms. The third-order valence-corrected chi connectivity index (χ3v) is 1.66. The second-order valence-electron chi connectivity index (χ2n) is 2.87. The summed E-state index contributed by atoms with van der Waals surface area (Å²) >= 11 is 0. The van der Waals surface area contributed by atoms with Crippen LogP contribution in [0, 0.1) is 0 Å². The molecule has 74 valence electrons. The molecule has 0 bridgehead atoms. The van der Waals surface area contributed by atoms with Gasteiger partial charge in [0.1, 0.15) is 5.69 Å². The van der Waals surface area contributed by atoms with Gasteiger partial charge in [0, 0.05) is 25.0 Å². The summed E-state index contributed by atoms with van der Waals surface area (Å²) < 4.78 is 0. The smallest absolute Gasteiger partial charge is 0.205 e. The Balaban J connectivity index is 2.47. The Morgan fingerprint density at radius 3 is 3.07 bits per heavy atom. The Hall–Kier alpha value is -1.64. The number of nitrogens with zero attached hydrogens (tertiary/aromatic N) is 1. The summed E-state index contributed by atoms with van der Waals surface area (Å²) in [5.74, 6) is -0.0748. The first-order valence-electron chi connectivity index (χ1n) is 4.70. The minimum absolute atomic E-state index is 0.0748. The second kappa shape index (κ2) is 5.91. The van der Waals surface area contributed by atoms with Gasteiger partial charge in [-0.05, 0) is 18.6 Å². The summed E-state index contributed by atoms with van der Waals surface area (Å²) in [7, 11) is 0. The number of carbonyl (C=O) groups excluding carboxylic acids is 1. The summed E-state index contributed by atoms with van der Waals surface area (Å²) in [5.41, 5.74) is 0.474. The molecule has 0 spiro atoms. The van der Waals surface area contributed by atoms with Gasteiger partial charge >= 0.3 is 0 Å². The van der Waals surface area contributed by atoms with Crippen LogP contribution < -0.4 is 5.32 Å². The van der Waals surface area contributed by atoms with Gasteiger partial charge in [-0.3, -0.25) is 9.78 Å². The molecule has 0 fully saturated rings. The topological polar surface area (TPSA) is 42.0 Å². The Morgan fingerprint density at radius 1 is 1.57 bits per heavy atom. The highest BCUT2D eigenvalue weighted by Gasteiger charge is 1.99. The molecule has 1 aromatic heterocycles. The van der Waals surface area contributed by atoms with Gasteiger partial charge in [0.25, 0.3) is 0 Å². The van der Waals surface area contributed by atoms with Crippen LogP contribution in [0.3, 0.4) is 0 Å². The number of pyridine rings is 1. The highest BCUT2D eigenvalue weighted by molar-refractivity contribution is 6.02. The van der Waals surface area contributed by atoms with Crippen molar-refractivity contribution >= 4 is 5.78 Å². The third kappa shape index (κ3) is 3.39. The van der Waals surface area contributed by atoms with Gasteiger partial charge in [-0.15, -0.1) is 0 Å². The molecular weight excluding hydrogens is 176 g/mol. The van der Waals surface area contributed by atoms with Crippen molar-refractivity contribution in [2.45, 2.75) is 13.3 Å². The standard InChI is InChI=1S/C11H14N2O/c1-2-7-12-9-6-11(14)10-5-3-4-8-13-10/h3-6,8-9,12H,2,7H2,1H3/b9-6+. The van der Waals surface area contributed by atoms with E-state index in [1.165, 1.54) is 6.08 Å². The molecule has 1 rings (SSSR count). The normalized spacial score (nSPS) is 10.4. The van der Waals surface area contributed by atoms with E-state index in [4.69, 9.17) is 0 Å². The number of allylic oxidation sites excluding steroid dienone is 1. The number of nitrogens with one attached hydrogen (secondary N) is 1. The van der Waals surface area contributed by atoms with Gasteiger partial charge in [-0.1, -0.05) is 13.0 Å². The number of hydrogen-bond acceptors (Lipinski definition) is 3. The molecular formula is C11H14N2O. The van der Waals surface area contributed by atoms with E-state index < -0.39 is 0 Å². The van der Waals surface area contributed by atoms with Gasteiger partial charge in [0.15, 0.2) is 0 Å². The lowest BCUT2D eigenvalue weighted by molar-refractivity contribution is 0.104. The highest BCUT2D eigenvalue weighted by Crippen LogP contribution is 1.95. The fraction of sp³-hybridized carbons (Fsp3) is 0.273. The van der Waals surface area contributed by atoms with Gasteiger partial charge in [-0.2, -0.15) is 0 Å². The zero-order chi connectivity index (χ0) is 10.2. The van der Waals surface area contributed by atoms with Crippen molar-refractivity contribution in [1.82, 2.24) is 10.3 Å². The average Bonchev–Trinajstić information content (AvgIpc) is 2.25. The summed E-state index contributed by atoms with van der Waals surface area (Å²) in [6.45, 7) is 2.95. The first-order valence-corrected chi connectivity index (χ1v) is 4.70. The lowest BCUT2D eigenvalue weighted by atomic mass is 10.2. The number of carbonyl (C=O) groups is 1. The zero-order valence-corrected chi connectivity index (χ0v) is 8.23. The van der Waals surface area contributed by atoms with Crippen molar-refractivity contribution in [1.29, 1.82) is 0 Å². The van der Waals surface area contributed by atoms with Crippen LogP contribution in [0.15, 0.2) is 36.7 Å². The van der Waals surface area contributed by atoms with Gasteiger partial charge in [0.2, 0.25) is 5.78 Å². The predicted octanol–water partition coefficient (Wildman–Crippen LogP) is 1.78. The highest BCUT2D eigenvalue weighted by atomic mass is 16.1. The first-order chi connectivity index (χ1) is 6.84. The zero-order valence-electron chi connectivity index (χ0n) is 8.23. The summed E-state index contributed by atoms with van der Waals surface area (Å²) in [5, 5.41) is 3.01. The van der Waals surface area contributed by atoms with Crippen molar-refractivity contribution < 1.29 is 4.79 Å². The van der Waals surface area contributed by atoms with Crippen molar-refractivity contribution in [2.24, 2.45) is 0 Å². The monoisotopic (exact) mass is 190 g/mol. The SMILES string of the molecule is CCCN/C=C/C(=O)c1ccccn1. The van der Waals surface area contributed by atoms with Crippen LogP contribution in [0.4, 0.5) is 0 Å². The molecule has 0 unspecified atom stereocenters. The molecule has 0 saturated heterocycles. The number of aromatic nitrogens is 1. The van der Waals surface area contributed by atoms with Gasteiger partial charge < -0.3 is 5.32 Å². The fourth-order valence-corrected chi connectivity index (χ4v) is 0.956. The van der Waals surface area contributed by atoms with Gasteiger partial charge in [-0.25, -0.2) is 0 Å². The van der Waals surface area contributed by atoms with Crippen molar-refractivity contribution in [3.8, 4) is 0 Å². The van der Waals surface area contributed by atoms with Gasteiger partial charge in [0.05, 0.1) is 0 Å². The van der Waals surface area contributed by atoms with E-state index in [2.05, 4.69) is 17.2 Å². The minimum atomic E-state index is -0.0748. The summed E-state index contributed by atoms with van der Waals surface area (Å²) in [4.78, 5) is 15.4. The molecule has 1 N–H and O–H groups in total. The van der Waals surface area contributed by atoms with Crippen LogP contribution in [0.5, 0.6) is 0 Å². The third-order valence-electron chi connectivity index (χ3n) is 1.66. The Kier molecular flexibility index (Phi) is 4.41. The molecule has 0 aromatic carbocycles. The molecule has 0 atom stereocenters. The van der Waals surface area contributed by atoms with Crippen molar-refractivity contribution in [3.05, 3.63) is 42.4 Å². The quantitative estimate of drug-likeness (QED) is 0.437. The van der Waals surface area contributed by atoms with Crippen molar-refractivity contribution in [2.75, 3.05) is 6.54 Å². The Bertz CT molecular complexity index is 306. The van der Waals surface area contributed by atoms with Crippen LogP contribution in [-0.2, 0) is 0 Å². The lowest BCUT2D eigenvalue weighted by Gasteiger charge is -1.95. The molecule has 0 amide bonds. The van der Waals surface area contributed by atoms with E-state index >= 15 is 0 Å². The maximum atomic E-state index is 11.4. The molecule has 1 aromatic rings. The average molecular weight is 190 g/mol. The number of hydrogen-bond donors (Lipinski definition) is 1. The molecule has 3 nitrogen and oxygen atoms in total. The second-order valence-corrected chi connectivity index (χ2v) is 2.87. The van der Waals surface area contributed by atoms with Crippen LogP contribution >= 0.6 is 0 Å². The minimum Gasteiger partial charge on any atom is -0.391 e. The molecule has 0 radical (unpaired) electrons. The van der Waals surface area contributed by atoms with Crippen LogP contribution in [0.25, 0.3) is 0 Å². The van der Waals surface area contributed by atoms with Crippen molar-refractivity contribution in [3.63, 3.8) is 0 Å². The van der Waals surface area contributed by atoms with E-state index in [1.807, 2.05) is 0 Å². The Morgan fingerprint density at radius 2 is 2.43 bits per heavy atom. The fourth-order valence-electron chi connectivity index (χ4n) is 0.956. The largest absolute Gasteiger partial charge is 0.391 e. The van der Waals surface area contributed by atoms with Crippen LogP contribution in [0.2, 0.25) is 0 Å². The maximum Gasteiger partial charge on any atom is 0.205 e. The molecule has 0 saturated carbocycles. The Labute approximate surface area is 83.9 Å². The van der Waals surface area contributed by atoms with E-state index in [1.54, 1.807) is 30.6 Å². The van der Waals surface area contributed by atoms with E-state index in [0.29, 0.717) is 5.69 Å². The molecule has 14 heavy (non-hydrogen) atoms. The molecule has 0 aliphatic rings. The number of rotatable bonds is 5. The molecule has 0 aliphatic carbocycles. The molecule has 1 heterocycles. The number of ketones is 1. The maximum absolute atomic E-state index is 11.4. The van der Waals surface area contributed by atoms with E-state index in [0.717, 1.165) is 13.0 Å². The summed E-state index contributed by atoms with van der Waals surface area (Å²) in [6, 6.07) is 5.29.